The largest absolute Gasteiger partial charge is 0.355 e. The van der Waals surface area contributed by atoms with Crippen LogP contribution in [0.25, 0.3) is 11.3 Å². The molecule has 0 spiro atoms. The van der Waals surface area contributed by atoms with Crippen LogP contribution < -0.4 is 5.32 Å². The lowest BCUT2D eigenvalue weighted by Crippen LogP contribution is -2.33. The molecular formula is C20H23ClN4OS. The van der Waals surface area contributed by atoms with Crippen LogP contribution in [0.15, 0.2) is 35.7 Å². The maximum absolute atomic E-state index is 12.4. The van der Waals surface area contributed by atoms with Gasteiger partial charge in [-0.1, -0.05) is 48.9 Å². The molecule has 27 heavy (non-hydrogen) atoms. The number of benzene rings is 1. The molecule has 0 saturated heterocycles. The zero-order chi connectivity index (χ0) is 19.4. The SMILES string of the molecule is Cc1nn(C[C@H](C)C(=O)NCCc2nc(-c3ccccc3)cs2)c(C)c1Cl. The predicted molar refractivity (Wildman–Crippen MR) is 110 cm³/mol. The Morgan fingerprint density at radius 3 is 2.70 bits per heavy atom. The minimum Gasteiger partial charge on any atom is -0.355 e. The number of aryl methyl sites for hydroxylation is 1. The molecule has 0 aliphatic carbocycles. The van der Waals surface area contributed by atoms with Crippen molar-refractivity contribution in [1.29, 1.82) is 0 Å². The van der Waals surface area contributed by atoms with E-state index >= 15 is 0 Å². The minimum atomic E-state index is -0.185. The van der Waals surface area contributed by atoms with Crippen LogP contribution in [0.3, 0.4) is 0 Å². The van der Waals surface area contributed by atoms with Crippen molar-refractivity contribution in [3.05, 3.63) is 57.1 Å². The molecule has 1 N–H and O–H groups in total. The summed E-state index contributed by atoms with van der Waals surface area (Å²) >= 11 is 7.79. The van der Waals surface area contributed by atoms with E-state index in [0.29, 0.717) is 18.1 Å². The van der Waals surface area contributed by atoms with E-state index in [-0.39, 0.29) is 11.8 Å². The highest BCUT2D eigenvalue weighted by Gasteiger charge is 2.17. The topological polar surface area (TPSA) is 59.8 Å². The fourth-order valence-electron chi connectivity index (χ4n) is 2.83. The van der Waals surface area contributed by atoms with Crippen molar-refractivity contribution < 1.29 is 4.79 Å². The third-order valence-corrected chi connectivity index (χ3v) is 5.90. The van der Waals surface area contributed by atoms with Crippen molar-refractivity contribution in [2.45, 2.75) is 33.7 Å². The molecule has 1 amide bonds. The Labute approximate surface area is 168 Å². The number of hydrogen-bond donors (Lipinski definition) is 1. The maximum atomic E-state index is 12.4. The number of carbonyl (C=O) groups excluding carboxylic acids is 1. The summed E-state index contributed by atoms with van der Waals surface area (Å²) in [5.74, 6) is -0.172. The number of rotatable bonds is 7. The van der Waals surface area contributed by atoms with Gasteiger partial charge in [-0.25, -0.2) is 4.98 Å². The van der Waals surface area contributed by atoms with Gasteiger partial charge in [-0.2, -0.15) is 5.10 Å². The van der Waals surface area contributed by atoms with Gasteiger partial charge in [0.25, 0.3) is 0 Å². The highest BCUT2D eigenvalue weighted by molar-refractivity contribution is 7.09. The average molecular weight is 403 g/mol. The Hall–Kier alpha value is -2.18. The highest BCUT2D eigenvalue weighted by Crippen LogP contribution is 2.22. The van der Waals surface area contributed by atoms with Crippen LogP contribution in [-0.2, 0) is 17.8 Å². The third-order valence-electron chi connectivity index (χ3n) is 4.45. The Kier molecular flexibility index (Phi) is 6.29. The Bertz CT molecular complexity index is 919. The summed E-state index contributed by atoms with van der Waals surface area (Å²) in [7, 11) is 0. The van der Waals surface area contributed by atoms with E-state index in [9.17, 15) is 4.79 Å². The molecule has 7 heteroatoms. The van der Waals surface area contributed by atoms with E-state index < -0.39 is 0 Å². The molecule has 0 bridgehead atoms. The van der Waals surface area contributed by atoms with Crippen molar-refractivity contribution >= 4 is 28.8 Å². The van der Waals surface area contributed by atoms with Crippen LogP contribution in [0.1, 0.15) is 23.3 Å². The fourth-order valence-corrected chi connectivity index (χ4v) is 3.77. The summed E-state index contributed by atoms with van der Waals surface area (Å²) in [6.07, 6.45) is 0.724. The number of nitrogens with one attached hydrogen (secondary N) is 1. The van der Waals surface area contributed by atoms with Gasteiger partial charge in [0.1, 0.15) is 0 Å². The molecule has 3 aromatic rings. The second-order valence-electron chi connectivity index (χ2n) is 6.60. The summed E-state index contributed by atoms with van der Waals surface area (Å²) in [6, 6.07) is 10.1. The minimum absolute atomic E-state index is 0.0125. The molecule has 0 fully saturated rings. The molecule has 3 rings (SSSR count). The molecule has 2 heterocycles. The average Bonchev–Trinajstić information content (AvgIpc) is 3.23. The van der Waals surface area contributed by atoms with Crippen LogP contribution in [0.2, 0.25) is 5.02 Å². The standard InChI is InChI=1S/C20H23ClN4OS/c1-13(11-25-15(3)19(21)14(2)24-25)20(26)22-10-9-18-23-17(12-27-18)16-7-5-4-6-8-16/h4-8,12-13H,9-11H2,1-3H3,(H,22,26)/t13-/m0/s1. The normalized spacial score (nSPS) is 12.1. The molecule has 2 aromatic heterocycles. The lowest BCUT2D eigenvalue weighted by molar-refractivity contribution is -0.124. The van der Waals surface area contributed by atoms with Crippen molar-refractivity contribution in [2.24, 2.45) is 5.92 Å². The number of aromatic nitrogens is 3. The number of amides is 1. The van der Waals surface area contributed by atoms with Gasteiger partial charge in [-0.15, -0.1) is 11.3 Å². The summed E-state index contributed by atoms with van der Waals surface area (Å²) in [5.41, 5.74) is 3.78. The molecule has 142 valence electrons. The molecule has 0 saturated carbocycles. The summed E-state index contributed by atoms with van der Waals surface area (Å²) < 4.78 is 1.80. The molecule has 1 aromatic carbocycles. The smallest absolute Gasteiger partial charge is 0.224 e. The Morgan fingerprint density at radius 2 is 2.04 bits per heavy atom. The van der Waals surface area contributed by atoms with Gasteiger partial charge in [0.15, 0.2) is 0 Å². The van der Waals surface area contributed by atoms with E-state index in [1.807, 2.05) is 51.1 Å². The first-order valence-corrected chi connectivity index (χ1v) is 10.2. The van der Waals surface area contributed by atoms with Crippen LogP contribution in [0, 0.1) is 19.8 Å². The molecule has 5 nitrogen and oxygen atoms in total. The quantitative estimate of drug-likeness (QED) is 0.641. The first-order chi connectivity index (χ1) is 13.0. The lowest BCUT2D eigenvalue weighted by Gasteiger charge is -2.13. The third kappa shape index (κ3) is 4.76. The zero-order valence-electron chi connectivity index (χ0n) is 15.7. The molecule has 0 unspecified atom stereocenters. The predicted octanol–water partition coefficient (Wildman–Crippen LogP) is 4.27. The first kappa shape index (κ1) is 19.6. The highest BCUT2D eigenvalue weighted by atomic mass is 35.5. The first-order valence-electron chi connectivity index (χ1n) is 8.92. The maximum Gasteiger partial charge on any atom is 0.224 e. The number of halogens is 1. The monoisotopic (exact) mass is 402 g/mol. The van der Waals surface area contributed by atoms with Gasteiger partial charge in [0, 0.05) is 23.9 Å². The van der Waals surface area contributed by atoms with Crippen molar-refractivity contribution in [1.82, 2.24) is 20.1 Å². The van der Waals surface area contributed by atoms with Gasteiger partial charge in [-0.05, 0) is 13.8 Å². The summed E-state index contributed by atoms with van der Waals surface area (Å²) in [4.78, 5) is 17.0. The van der Waals surface area contributed by atoms with E-state index in [4.69, 9.17) is 11.6 Å². The van der Waals surface area contributed by atoms with Crippen LogP contribution >= 0.6 is 22.9 Å². The number of thiazole rings is 1. The second kappa shape index (κ2) is 8.67. The van der Waals surface area contributed by atoms with E-state index in [0.717, 1.165) is 34.1 Å². The molecule has 0 radical (unpaired) electrons. The molecule has 1 atom stereocenters. The van der Waals surface area contributed by atoms with E-state index in [1.54, 1.807) is 16.0 Å². The van der Waals surface area contributed by atoms with Gasteiger partial charge < -0.3 is 5.32 Å². The van der Waals surface area contributed by atoms with Gasteiger partial charge in [0.2, 0.25) is 5.91 Å². The van der Waals surface area contributed by atoms with Crippen molar-refractivity contribution in [2.75, 3.05) is 6.54 Å². The number of carbonyl (C=O) groups is 1. The van der Waals surface area contributed by atoms with Gasteiger partial charge in [-0.3, -0.25) is 9.48 Å². The Balaban J connectivity index is 1.49. The molecule has 0 aliphatic heterocycles. The van der Waals surface area contributed by atoms with E-state index in [1.165, 1.54) is 0 Å². The zero-order valence-corrected chi connectivity index (χ0v) is 17.3. The fraction of sp³-hybridized carbons (Fsp3) is 0.350. The van der Waals surface area contributed by atoms with Gasteiger partial charge in [0.05, 0.1) is 39.6 Å². The van der Waals surface area contributed by atoms with Crippen LogP contribution in [-0.4, -0.2) is 27.2 Å². The summed E-state index contributed by atoms with van der Waals surface area (Å²) in [6.45, 7) is 6.77. The van der Waals surface area contributed by atoms with Gasteiger partial charge >= 0.3 is 0 Å². The number of nitrogens with zero attached hydrogens (tertiary/aromatic N) is 3. The molecular weight excluding hydrogens is 380 g/mol. The van der Waals surface area contributed by atoms with Crippen LogP contribution in [0.5, 0.6) is 0 Å². The summed E-state index contributed by atoms with van der Waals surface area (Å²) in [5, 5.41) is 11.1. The lowest BCUT2D eigenvalue weighted by atomic mass is 10.1. The number of hydrogen-bond acceptors (Lipinski definition) is 4. The second-order valence-corrected chi connectivity index (χ2v) is 7.92. The molecule has 0 aliphatic rings. The van der Waals surface area contributed by atoms with Crippen molar-refractivity contribution in [3.63, 3.8) is 0 Å². The Morgan fingerprint density at radius 1 is 1.30 bits per heavy atom. The van der Waals surface area contributed by atoms with E-state index in [2.05, 4.69) is 20.8 Å². The van der Waals surface area contributed by atoms with Crippen molar-refractivity contribution in [3.8, 4) is 11.3 Å². The van der Waals surface area contributed by atoms with Crippen LogP contribution in [0.4, 0.5) is 0 Å².